The number of anilines is 2. The second kappa shape index (κ2) is 8.77. The summed E-state index contributed by atoms with van der Waals surface area (Å²) < 4.78 is 0. The lowest BCUT2D eigenvalue weighted by Crippen LogP contribution is -2.34. The molecule has 0 aliphatic carbocycles. The molecule has 3 heterocycles. The third kappa shape index (κ3) is 5.38. The van der Waals surface area contributed by atoms with Crippen LogP contribution in [0.15, 0.2) is 11.4 Å². The second-order valence-corrected chi connectivity index (χ2v) is 8.45. The maximum atomic E-state index is 5.68. The fourth-order valence-electron chi connectivity index (χ4n) is 3.40. The number of nitrogens with two attached hydrogens (primary N) is 1. The van der Waals surface area contributed by atoms with E-state index in [0.29, 0.717) is 17.1 Å². The van der Waals surface area contributed by atoms with E-state index in [1.165, 1.54) is 11.3 Å². The van der Waals surface area contributed by atoms with Crippen LogP contribution in [0.4, 0.5) is 11.1 Å². The molecule has 3 N–H and O–H groups in total. The highest BCUT2D eigenvalue weighted by Gasteiger charge is 2.24. The van der Waals surface area contributed by atoms with Crippen molar-refractivity contribution in [3.05, 3.63) is 28.5 Å². The SMILES string of the molecule is Cc1cc(CC(C)C)nc(N2CCC(NCCCc3csc(N)n3)C2)n1. The zero-order chi connectivity index (χ0) is 18.5. The molecule has 3 rings (SSSR count). The molecule has 1 unspecified atom stereocenters. The minimum atomic E-state index is 0.508. The zero-order valence-corrected chi connectivity index (χ0v) is 16.9. The van der Waals surface area contributed by atoms with Crippen LogP contribution in [0.25, 0.3) is 0 Å². The van der Waals surface area contributed by atoms with E-state index in [4.69, 9.17) is 10.7 Å². The zero-order valence-electron chi connectivity index (χ0n) is 16.0. The van der Waals surface area contributed by atoms with Gasteiger partial charge < -0.3 is 16.0 Å². The van der Waals surface area contributed by atoms with Crippen LogP contribution in [0.1, 0.15) is 43.8 Å². The van der Waals surface area contributed by atoms with Crippen LogP contribution < -0.4 is 16.0 Å². The van der Waals surface area contributed by atoms with Crippen LogP contribution in [0.5, 0.6) is 0 Å². The molecule has 142 valence electrons. The van der Waals surface area contributed by atoms with E-state index in [2.05, 4.69) is 52.4 Å². The average molecular weight is 375 g/mol. The van der Waals surface area contributed by atoms with Crippen molar-refractivity contribution in [3.8, 4) is 0 Å². The Morgan fingerprint density at radius 2 is 2.15 bits per heavy atom. The molecule has 1 aliphatic rings. The Hall–Kier alpha value is -1.73. The molecule has 0 saturated carbocycles. The van der Waals surface area contributed by atoms with Crippen LogP contribution in [-0.2, 0) is 12.8 Å². The van der Waals surface area contributed by atoms with Gasteiger partial charge in [-0.15, -0.1) is 11.3 Å². The van der Waals surface area contributed by atoms with Gasteiger partial charge in [0.1, 0.15) is 0 Å². The summed E-state index contributed by atoms with van der Waals surface area (Å²) in [5.74, 6) is 1.50. The molecular formula is C19H30N6S. The number of nitrogens with one attached hydrogen (secondary N) is 1. The van der Waals surface area contributed by atoms with E-state index in [1.807, 2.05) is 0 Å². The predicted molar refractivity (Wildman–Crippen MR) is 109 cm³/mol. The summed E-state index contributed by atoms with van der Waals surface area (Å²) in [4.78, 5) is 16.1. The van der Waals surface area contributed by atoms with Crippen LogP contribution in [-0.4, -0.2) is 40.6 Å². The van der Waals surface area contributed by atoms with Gasteiger partial charge in [0.15, 0.2) is 5.13 Å². The molecule has 2 aromatic heterocycles. The number of aryl methyl sites for hydroxylation is 2. The third-order valence-electron chi connectivity index (χ3n) is 4.60. The Morgan fingerprint density at radius 1 is 1.31 bits per heavy atom. The van der Waals surface area contributed by atoms with Gasteiger partial charge in [0.2, 0.25) is 5.95 Å². The summed E-state index contributed by atoms with van der Waals surface area (Å²) in [5, 5.41) is 6.38. The maximum absolute atomic E-state index is 5.68. The first-order valence-corrected chi connectivity index (χ1v) is 10.4. The van der Waals surface area contributed by atoms with E-state index in [9.17, 15) is 0 Å². The molecule has 26 heavy (non-hydrogen) atoms. The van der Waals surface area contributed by atoms with Crippen molar-refractivity contribution < 1.29 is 0 Å². The van der Waals surface area contributed by atoms with Crippen molar-refractivity contribution in [2.75, 3.05) is 30.3 Å². The van der Waals surface area contributed by atoms with Gasteiger partial charge in [-0.1, -0.05) is 13.8 Å². The molecular weight excluding hydrogens is 344 g/mol. The first kappa shape index (κ1) is 19.0. The summed E-state index contributed by atoms with van der Waals surface area (Å²) >= 11 is 1.52. The lowest BCUT2D eigenvalue weighted by molar-refractivity contribution is 0.537. The largest absolute Gasteiger partial charge is 0.375 e. The van der Waals surface area contributed by atoms with Gasteiger partial charge in [0, 0.05) is 35.9 Å². The topological polar surface area (TPSA) is 80.0 Å². The van der Waals surface area contributed by atoms with E-state index >= 15 is 0 Å². The van der Waals surface area contributed by atoms with Crippen molar-refractivity contribution >= 4 is 22.4 Å². The highest BCUT2D eigenvalue weighted by atomic mass is 32.1. The van der Waals surface area contributed by atoms with Gasteiger partial charge in [-0.25, -0.2) is 15.0 Å². The normalized spacial score (nSPS) is 17.4. The summed E-state index contributed by atoms with van der Waals surface area (Å²) in [6.45, 7) is 9.52. The first-order chi connectivity index (χ1) is 12.5. The van der Waals surface area contributed by atoms with Gasteiger partial charge in [-0.3, -0.25) is 0 Å². The van der Waals surface area contributed by atoms with Crippen molar-refractivity contribution in [2.24, 2.45) is 5.92 Å². The monoisotopic (exact) mass is 374 g/mol. The van der Waals surface area contributed by atoms with Gasteiger partial charge in [0.05, 0.1) is 5.69 Å². The van der Waals surface area contributed by atoms with Gasteiger partial charge in [-0.05, 0) is 51.1 Å². The fourth-order valence-corrected chi connectivity index (χ4v) is 4.00. The molecule has 0 spiro atoms. The minimum Gasteiger partial charge on any atom is -0.375 e. The van der Waals surface area contributed by atoms with Gasteiger partial charge in [-0.2, -0.15) is 0 Å². The number of nitrogens with zero attached hydrogens (tertiary/aromatic N) is 4. The molecule has 1 atom stereocenters. The Bertz CT molecular complexity index is 714. The Labute approximate surface area is 160 Å². The van der Waals surface area contributed by atoms with Crippen molar-refractivity contribution in [1.29, 1.82) is 0 Å². The van der Waals surface area contributed by atoms with Crippen LogP contribution in [0.3, 0.4) is 0 Å². The Kier molecular flexibility index (Phi) is 6.43. The minimum absolute atomic E-state index is 0.508. The lowest BCUT2D eigenvalue weighted by atomic mass is 10.1. The fraction of sp³-hybridized carbons (Fsp3) is 0.632. The smallest absolute Gasteiger partial charge is 0.225 e. The summed E-state index contributed by atoms with van der Waals surface area (Å²) in [6, 6.07) is 2.62. The Balaban J connectivity index is 1.46. The van der Waals surface area contributed by atoms with E-state index in [-0.39, 0.29) is 0 Å². The number of thiazole rings is 1. The quantitative estimate of drug-likeness (QED) is 0.692. The number of hydrogen-bond acceptors (Lipinski definition) is 7. The van der Waals surface area contributed by atoms with Crippen molar-refractivity contribution in [2.45, 2.75) is 52.5 Å². The molecule has 7 heteroatoms. The van der Waals surface area contributed by atoms with E-state index in [0.717, 1.165) is 68.3 Å². The summed E-state index contributed by atoms with van der Waals surface area (Å²) in [7, 11) is 0. The molecule has 1 saturated heterocycles. The van der Waals surface area contributed by atoms with Crippen LogP contribution >= 0.6 is 11.3 Å². The highest BCUT2D eigenvalue weighted by molar-refractivity contribution is 7.13. The molecule has 0 radical (unpaired) electrons. The van der Waals surface area contributed by atoms with Gasteiger partial charge in [0.25, 0.3) is 0 Å². The maximum Gasteiger partial charge on any atom is 0.225 e. The number of rotatable bonds is 8. The summed E-state index contributed by atoms with van der Waals surface area (Å²) in [6.07, 6.45) is 4.21. The van der Waals surface area contributed by atoms with E-state index in [1.54, 1.807) is 0 Å². The lowest BCUT2D eigenvalue weighted by Gasteiger charge is -2.18. The number of aromatic nitrogens is 3. The standard InChI is InChI=1S/C19H30N6S/c1-13(2)9-17-10-14(3)22-19(24-17)25-8-6-15(11-25)21-7-4-5-16-12-26-18(20)23-16/h10,12-13,15,21H,4-9,11H2,1-3H3,(H2,20,23). The molecule has 2 aromatic rings. The van der Waals surface area contributed by atoms with Crippen molar-refractivity contribution in [1.82, 2.24) is 20.3 Å². The van der Waals surface area contributed by atoms with Crippen LogP contribution in [0, 0.1) is 12.8 Å². The molecule has 6 nitrogen and oxygen atoms in total. The molecule has 0 amide bonds. The summed E-state index contributed by atoms with van der Waals surface area (Å²) in [5.41, 5.74) is 8.99. The van der Waals surface area contributed by atoms with Crippen molar-refractivity contribution in [3.63, 3.8) is 0 Å². The Morgan fingerprint density at radius 3 is 2.88 bits per heavy atom. The molecule has 1 fully saturated rings. The highest BCUT2D eigenvalue weighted by Crippen LogP contribution is 2.19. The molecule has 1 aliphatic heterocycles. The molecule has 0 bridgehead atoms. The number of nitrogen functional groups attached to an aromatic ring is 1. The second-order valence-electron chi connectivity index (χ2n) is 7.57. The van der Waals surface area contributed by atoms with Gasteiger partial charge >= 0.3 is 0 Å². The van der Waals surface area contributed by atoms with E-state index < -0.39 is 0 Å². The van der Waals surface area contributed by atoms with Crippen LogP contribution in [0.2, 0.25) is 0 Å². The molecule has 0 aromatic carbocycles. The number of hydrogen-bond donors (Lipinski definition) is 2. The predicted octanol–water partition coefficient (Wildman–Crippen LogP) is 2.82. The first-order valence-electron chi connectivity index (χ1n) is 9.52. The average Bonchev–Trinajstić information content (AvgIpc) is 3.19. The third-order valence-corrected chi connectivity index (χ3v) is 5.32.